The SMILES string of the molecule is CCC(NCC(O)COc1ccc(Cl)cc1)C1CCCCC1.[Cl-]. The number of halogens is 2. The molecule has 1 saturated carbocycles. The molecule has 23 heavy (non-hydrogen) atoms. The summed E-state index contributed by atoms with van der Waals surface area (Å²) < 4.78 is 5.59. The fourth-order valence-corrected chi connectivity index (χ4v) is 3.38. The van der Waals surface area contributed by atoms with Crippen LogP contribution in [0.2, 0.25) is 5.02 Å². The second-order valence-electron chi connectivity index (χ2n) is 6.24. The first-order valence-corrected chi connectivity index (χ1v) is 8.86. The largest absolute Gasteiger partial charge is 1.00 e. The third-order valence-corrected chi connectivity index (χ3v) is 4.78. The average Bonchev–Trinajstić information content (AvgIpc) is 2.56. The summed E-state index contributed by atoms with van der Waals surface area (Å²) in [6.07, 6.45) is 7.36. The highest BCUT2D eigenvalue weighted by molar-refractivity contribution is 6.30. The van der Waals surface area contributed by atoms with Crippen LogP contribution in [0.1, 0.15) is 45.4 Å². The molecule has 0 heterocycles. The molecule has 2 atom stereocenters. The number of aliphatic hydroxyl groups excluding tert-OH is 1. The maximum absolute atomic E-state index is 10.1. The first-order chi connectivity index (χ1) is 10.7. The average molecular weight is 361 g/mol. The van der Waals surface area contributed by atoms with Gasteiger partial charge in [0.25, 0.3) is 0 Å². The van der Waals surface area contributed by atoms with Crippen LogP contribution in [-0.4, -0.2) is 30.4 Å². The first-order valence-electron chi connectivity index (χ1n) is 8.49. The van der Waals surface area contributed by atoms with Crippen molar-refractivity contribution in [3.8, 4) is 5.75 Å². The fourth-order valence-electron chi connectivity index (χ4n) is 3.25. The smallest absolute Gasteiger partial charge is 0.119 e. The summed E-state index contributed by atoms with van der Waals surface area (Å²) in [6.45, 7) is 3.11. The predicted octanol–water partition coefficient (Wildman–Crippen LogP) is 1.03. The summed E-state index contributed by atoms with van der Waals surface area (Å²) in [5, 5.41) is 14.3. The van der Waals surface area contributed by atoms with E-state index in [-0.39, 0.29) is 12.4 Å². The van der Waals surface area contributed by atoms with Gasteiger partial charge in [-0.05, 0) is 49.4 Å². The first kappa shape index (κ1) is 20.6. The summed E-state index contributed by atoms with van der Waals surface area (Å²) in [5.41, 5.74) is 0. The lowest BCUT2D eigenvalue weighted by Crippen LogP contribution is -3.00. The Labute approximate surface area is 151 Å². The second kappa shape index (κ2) is 11.1. The molecule has 1 aromatic rings. The molecular formula is C18H28Cl2NO2-. The lowest BCUT2D eigenvalue weighted by molar-refractivity contribution is -0.00000639. The molecule has 0 aliphatic heterocycles. The molecule has 1 aromatic carbocycles. The third kappa shape index (κ3) is 7.30. The van der Waals surface area contributed by atoms with Crippen molar-refractivity contribution >= 4 is 11.6 Å². The van der Waals surface area contributed by atoms with Crippen LogP contribution in [0.5, 0.6) is 5.75 Å². The molecular weight excluding hydrogens is 333 g/mol. The molecule has 0 radical (unpaired) electrons. The maximum atomic E-state index is 10.1. The minimum Gasteiger partial charge on any atom is -1.00 e. The van der Waals surface area contributed by atoms with Crippen LogP contribution in [0, 0.1) is 5.92 Å². The minimum absolute atomic E-state index is 0. The van der Waals surface area contributed by atoms with E-state index in [1.54, 1.807) is 12.1 Å². The van der Waals surface area contributed by atoms with Crippen LogP contribution >= 0.6 is 11.6 Å². The minimum atomic E-state index is -0.492. The van der Waals surface area contributed by atoms with Gasteiger partial charge in [0.1, 0.15) is 18.5 Å². The van der Waals surface area contributed by atoms with Crippen LogP contribution in [0.25, 0.3) is 0 Å². The number of rotatable bonds is 8. The van der Waals surface area contributed by atoms with Crippen LogP contribution in [0.15, 0.2) is 24.3 Å². The van der Waals surface area contributed by atoms with E-state index in [1.165, 1.54) is 32.1 Å². The van der Waals surface area contributed by atoms with Gasteiger partial charge in [0, 0.05) is 17.6 Å². The number of ether oxygens (including phenoxy) is 1. The lowest BCUT2D eigenvalue weighted by atomic mass is 9.83. The lowest BCUT2D eigenvalue weighted by Gasteiger charge is -2.31. The van der Waals surface area contributed by atoms with E-state index in [1.807, 2.05) is 12.1 Å². The van der Waals surface area contributed by atoms with E-state index in [0.717, 1.165) is 18.1 Å². The maximum Gasteiger partial charge on any atom is 0.119 e. The molecule has 132 valence electrons. The Balaban J connectivity index is 0.00000264. The normalized spacial score (nSPS) is 18.0. The summed E-state index contributed by atoms with van der Waals surface area (Å²) in [4.78, 5) is 0. The van der Waals surface area contributed by atoms with Gasteiger partial charge in [-0.1, -0.05) is 37.8 Å². The monoisotopic (exact) mass is 360 g/mol. The van der Waals surface area contributed by atoms with Crippen LogP contribution in [0.3, 0.4) is 0 Å². The van der Waals surface area contributed by atoms with Gasteiger partial charge < -0.3 is 27.6 Å². The van der Waals surface area contributed by atoms with Crippen LogP contribution in [-0.2, 0) is 0 Å². The molecule has 0 bridgehead atoms. The summed E-state index contributed by atoms with van der Waals surface area (Å²) in [7, 11) is 0. The van der Waals surface area contributed by atoms with Gasteiger partial charge in [0.05, 0.1) is 0 Å². The third-order valence-electron chi connectivity index (χ3n) is 4.53. The van der Waals surface area contributed by atoms with E-state index in [2.05, 4.69) is 12.2 Å². The molecule has 1 aliphatic rings. The van der Waals surface area contributed by atoms with Crippen molar-refractivity contribution < 1.29 is 22.3 Å². The van der Waals surface area contributed by atoms with Crippen molar-refractivity contribution in [1.29, 1.82) is 0 Å². The van der Waals surface area contributed by atoms with E-state index in [4.69, 9.17) is 16.3 Å². The van der Waals surface area contributed by atoms with E-state index in [9.17, 15) is 5.11 Å². The molecule has 0 aromatic heterocycles. The molecule has 0 saturated heterocycles. The standard InChI is InChI=1S/C18H28ClNO2.ClH/c1-2-18(14-6-4-3-5-7-14)20-12-16(21)13-22-17-10-8-15(19)9-11-17;/h8-11,14,16,18,20-21H,2-7,12-13H2,1H3;1H/p-1. The zero-order valence-electron chi connectivity index (χ0n) is 13.8. The van der Waals surface area contributed by atoms with E-state index in [0.29, 0.717) is 24.2 Å². The van der Waals surface area contributed by atoms with Crippen LogP contribution < -0.4 is 22.5 Å². The molecule has 5 heteroatoms. The Morgan fingerprint density at radius 1 is 1.22 bits per heavy atom. The van der Waals surface area contributed by atoms with Crippen molar-refractivity contribution in [3.63, 3.8) is 0 Å². The van der Waals surface area contributed by atoms with Crippen molar-refractivity contribution in [3.05, 3.63) is 29.3 Å². The molecule has 1 aliphatic carbocycles. The number of benzene rings is 1. The molecule has 2 N–H and O–H groups in total. The zero-order chi connectivity index (χ0) is 15.8. The highest BCUT2D eigenvalue weighted by Crippen LogP contribution is 2.27. The van der Waals surface area contributed by atoms with Gasteiger partial charge in [0.15, 0.2) is 0 Å². The molecule has 1 fully saturated rings. The van der Waals surface area contributed by atoms with Gasteiger partial charge in [0.2, 0.25) is 0 Å². The quantitative estimate of drug-likeness (QED) is 0.727. The zero-order valence-corrected chi connectivity index (χ0v) is 15.3. The van der Waals surface area contributed by atoms with Gasteiger partial charge in [-0.3, -0.25) is 0 Å². The molecule has 2 unspecified atom stereocenters. The van der Waals surface area contributed by atoms with Crippen LogP contribution in [0.4, 0.5) is 0 Å². The molecule has 3 nitrogen and oxygen atoms in total. The van der Waals surface area contributed by atoms with Gasteiger partial charge in [-0.25, -0.2) is 0 Å². The van der Waals surface area contributed by atoms with Gasteiger partial charge in [-0.2, -0.15) is 0 Å². The summed E-state index contributed by atoms with van der Waals surface area (Å²) in [6, 6.07) is 7.74. The topological polar surface area (TPSA) is 41.5 Å². The highest BCUT2D eigenvalue weighted by Gasteiger charge is 2.22. The number of aliphatic hydroxyl groups is 1. The number of hydrogen-bond acceptors (Lipinski definition) is 3. The Morgan fingerprint density at radius 2 is 1.87 bits per heavy atom. The Hall–Kier alpha value is -0.480. The Bertz CT molecular complexity index is 422. The predicted molar refractivity (Wildman–Crippen MR) is 91.6 cm³/mol. The van der Waals surface area contributed by atoms with Crippen molar-refractivity contribution in [2.24, 2.45) is 5.92 Å². The molecule has 0 amide bonds. The highest BCUT2D eigenvalue weighted by atomic mass is 35.5. The summed E-state index contributed by atoms with van der Waals surface area (Å²) >= 11 is 5.83. The van der Waals surface area contributed by atoms with Gasteiger partial charge >= 0.3 is 0 Å². The fraction of sp³-hybridized carbons (Fsp3) is 0.667. The molecule has 2 rings (SSSR count). The van der Waals surface area contributed by atoms with E-state index < -0.39 is 6.10 Å². The number of nitrogens with one attached hydrogen (secondary N) is 1. The van der Waals surface area contributed by atoms with Gasteiger partial charge in [-0.15, -0.1) is 0 Å². The Kier molecular flexibility index (Phi) is 9.96. The van der Waals surface area contributed by atoms with E-state index >= 15 is 0 Å². The van der Waals surface area contributed by atoms with Crippen molar-refractivity contribution in [1.82, 2.24) is 5.32 Å². The number of hydrogen-bond donors (Lipinski definition) is 2. The Morgan fingerprint density at radius 3 is 2.48 bits per heavy atom. The van der Waals surface area contributed by atoms with Crippen molar-refractivity contribution in [2.75, 3.05) is 13.2 Å². The van der Waals surface area contributed by atoms with Crippen molar-refractivity contribution in [2.45, 2.75) is 57.6 Å². The summed E-state index contributed by atoms with van der Waals surface area (Å²) in [5.74, 6) is 1.51. The molecule has 0 spiro atoms. The second-order valence-corrected chi connectivity index (χ2v) is 6.68.